The predicted molar refractivity (Wildman–Crippen MR) is 121 cm³/mol. The molecule has 0 fully saturated rings. The van der Waals surface area contributed by atoms with Gasteiger partial charge in [0.15, 0.2) is 11.5 Å². The SMILES string of the molecule is CC.Cc1cc2c(cc1-c1ccc(NC(=O)c3c(C)cccc3C)nc1)OCCO2. The molecular formula is C25H28N2O3. The molecule has 1 aliphatic rings. The molecule has 2 heterocycles. The number of aromatic nitrogens is 1. The van der Waals surface area contributed by atoms with Crippen molar-refractivity contribution in [1.29, 1.82) is 0 Å². The minimum atomic E-state index is -0.147. The van der Waals surface area contributed by atoms with Crippen molar-refractivity contribution in [3.05, 3.63) is 70.9 Å². The van der Waals surface area contributed by atoms with Gasteiger partial charge in [-0.3, -0.25) is 4.79 Å². The zero-order valence-electron chi connectivity index (χ0n) is 18.2. The Bertz CT molecular complexity index is 1020. The van der Waals surface area contributed by atoms with E-state index in [0.29, 0.717) is 24.6 Å². The largest absolute Gasteiger partial charge is 0.486 e. The van der Waals surface area contributed by atoms with E-state index in [1.165, 1.54) is 0 Å². The number of nitrogens with one attached hydrogen (secondary N) is 1. The molecule has 0 radical (unpaired) electrons. The molecule has 0 atom stereocenters. The average Bonchev–Trinajstić information content (AvgIpc) is 2.75. The molecule has 4 rings (SSSR count). The Kier molecular flexibility index (Phi) is 6.72. The lowest BCUT2D eigenvalue weighted by Gasteiger charge is -2.20. The monoisotopic (exact) mass is 404 g/mol. The summed E-state index contributed by atoms with van der Waals surface area (Å²) >= 11 is 0. The Morgan fingerprint density at radius 2 is 1.53 bits per heavy atom. The number of aryl methyl sites for hydroxylation is 3. The third-order valence-corrected chi connectivity index (χ3v) is 4.91. The van der Waals surface area contributed by atoms with Crippen LogP contribution in [0.5, 0.6) is 11.5 Å². The summed E-state index contributed by atoms with van der Waals surface area (Å²) < 4.78 is 11.3. The molecule has 30 heavy (non-hydrogen) atoms. The van der Waals surface area contributed by atoms with Gasteiger partial charge >= 0.3 is 0 Å². The maximum Gasteiger partial charge on any atom is 0.257 e. The number of fused-ring (bicyclic) bond motifs is 1. The van der Waals surface area contributed by atoms with E-state index in [1.807, 2.05) is 77.1 Å². The molecule has 3 aromatic rings. The first-order valence-corrected chi connectivity index (χ1v) is 10.3. The van der Waals surface area contributed by atoms with E-state index in [4.69, 9.17) is 9.47 Å². The molecule has 1 aromatic heterocycles. The maximum absolute atomic E-state index is 12.6. The fraction of sp³-hybridized carbons (Fsp3) is 0.280. The molecule has 0 unspecified atom stereocenters. The topological polar surface area (TPSA) is 60.5 Å². The summed E-state index contributed by atoms with van der Waals surface area (Å²) in [5.74, 6) is 1.90. The number of nitrogens with zero attached hydrogens (tertiary/aromatic N) is 1. The summed E-state index contributed by atoms with van der Waals surface area (Å²) in [6.07, 6.45) is 1.76. The number of carbonyl (C=O) groups excluding carboxylic acids is 1. The molecule has 0 spiro atoms. The Morgan fingerprint density at radius 3 is 2.13 bits per heavy atom. The first-order chi connectivity index (χ1) is 14.5. The van der Waals surface area contributed by atoms with Gasteiger partial charge in [-0.25, -0.2) is 4.98 Å². The highest BCUT2D eigenvalue weighted by Crippen LogP contribution is 2.37. The first kappa shape index (κ1) is 21.4. The smallest absolute Gasteiger partial charge is 0.257 e. The fourth-order valence-corrected chi connectivity index (χ4v) is 3.48. The molecule has 0 saturated heterocycles. The van der Waals surface area contributed by atoms with Gasteiger partial charge in [-0.05, 0) is 67.3 Å². The number of anilines is 1. The summed E-state index contributed by atoms with van der Waals surface area (Å²) in [6.45, 7) is 11.0. The van der Waals surface area contributed by atoms with Crippen LogP contribution < -0.4 is 14.8 Å². The molecule has 1 amide bonds. The fourth-order valence-electron chi connectivity index (χ4n) is 3.48. The van der Waals surface area contributed by atoms with Crippen molar-refractivity contribution in [2.24, 2.45) is 0 Å². The second kappa shape index (κ2) is 9.44. The zero-order chi connectivity index (χ0) is 21.7. The Balaban J connectivity index is 0.00000124. The number of amides is 1. The van der Waals surface area contributed by atoms with Gasteiger partial charge in [0.2, 0.25) is 0 Å². The standard InChI is InChI=1S/C23H22N2O3.C2H6/c1-14-5-4-6-15(2)22(14)23(26)25-21-8-7-17(13-24-21)18-12-20-19(11-16(18)3)27-9-10-28-20;1-2/h4-8,11-13H,9-10H2,1-3H3,(H,24,25,26);1-2H3. The van der Waals surface area contributed by atoms with Crippen molar-refractivity contribution < 1.29 is 14.3 Å². The van der Waals surface area contributed by atoms with E-state index < -0.39 is 0 Å². The van der Waals surface area contributed by atoms with Crippen LogP contribution in [-0.4, -0.2) is 24.1 Å². The van der Waals surface area contributed by atoms with E-state index in [2.05, 4.69) is 10.3 Å². The lowest BCUT2D eigenvalue weighted by molar-refractivity contribution is 0.102. The molecule has 2 aromatic carbocycles. The third kappa shape index (κ3) is 4.46. The van der Waals surface area contributed by atoms with Gasteiger partial charge < -0.3 is 14.8 Å². The van der Waals surface area contributed by atoms with Gasteiger partial charge in [-0.1, -0.05) is 32.0 Å². The number of hydrogen-bond acceptors (Lipinski definition) is 4. The van der Waals surface area contributed by atoms with E-state index in [0.717, 1.165) is 39.3 Å². The Labute approximate surface area is 178 Å². The minimum absolute atomic E-state index is 0.147. The van der Waals surface area contributed by atoms with E-state index in [1.54, 1.807) is 6.20 Å². The van der Waals surface area contributed by atoms with Gasteiger partial charge in [0.05, 0.1) is 0 Å². The van der Waals surface area contributed by atoms with Crippen LogP contribution in [0.2, 0.25) is 0 Å². The van der Waals surface area contributed by atoms with Crippen LogP contribution >= 0.6 is 0 Å². The van der Waals surface area contributed by atoms with E-state index >= 15 is 0 Å². The Morgan fingerprint density at radius 1 is 0.900 bits per heavy atom. The molecule has 156 valence electrons. The molecule has 0 saturated carbocycles. The number of benzene rings is 2. The van der Waals surface area contributed by atoms with Crippen LogP contribution in [0.15, 0.2) is 48.7 Å². The molecule has 0 bridgehead atoms. The van der Waals surface area contributed by atoms with Gasteiger partial charge in [-0.15, -0.1) is 0 Å². The molecule has 1 aliphatic heterocycles. The molecule has 1 N–H and O–H groups in total. The molecule has 0 aliphatic carbocycles. The van der Waals surface area contributed by atoms with Crippen LogP contribution in [0, 0.1) is 20.8 Å². The van der Waals surface area contributed by atoms with Crippen LogP contribution in [0.3, 0.4) is 0 Å². The number of hydrogen-bond donors (Lipinski definition) is 1. The second-order valence-electron chi connectivity index (χ2n) is 6.96. The Hall–Kier alpha value is -3.34. The summed E-state index contributed by atoms with van der Waals surface area (Å²) in [4.78, 5) is 17.1. The van der Waals surface area contributed by atoms with Crippen molar-refractivity contribution >= 4 is 11.7 Å². The lowest BCUT2D eigenvalue weighted by Crippen LogP contribution is -2.16. The lowest BCUT2D eigenvalue weighted by atomic mass is 10.0. The van der Waals surface area contributed by atoms with Crippen LogP contribution in [0.1, 0.15) is 40.9 Å². The van der Waals surface area contributed by atoms with E-state index in [9.17, 15) is 4.79 Å². The minimum Gasteiger partial charge on any atom is -0.486 e. The van der Waals surface area contributed by atoms with Crippen molar-refractivity contribution in [2.45, 2.75) is 34.6 Å². The summed E-state index contributed by atoms with van der Waals surface area (Å²) in [5.41, 5.74) is 5.65. The summed E-state index contributed by atoms with van der Waals surface area (Å²) in [5, 5.41) is 2.89. The van der Waals surface area contributed by atoms with Gasteiger partial charge in [0.1, 0.15) is 19.0 Å². The maximum atomic E-state index is 12.6. The van der Waals surface area contributed by atoms with Crippen molar-refractivity contribution in [1.82, 2.24) is 4.98 Å². The van der Waals surface area contributed by atoms with Crippen molar-refractivity contribution in [2.75, 3.05) is 18.5 Å². The number of ether oxygens (including phenoxy) is 2. The van der Waals surface area contributed by atoms with Gasteiger partial charge in [0, 0.05) is 17.3 Å². The second-order valence-corrected chi connectivity index (χ2v) is 6.96. The van der Waals surface area contributed by atoms with E-state index in [-0.39, 0.29) is 5.91 Å². The van der Waals surface area contributed by atoms with Gasteiger partial charge in [0.25, 0.3) is 5.91 Å². The summed E-state index contributed by atoms with van der Waals surface area (Å²) in [7, 11) is 0. The average molecular weight is 405 g/mol. The molecular weight excluding hydrogens is 376 g/mol. The van der Waals surface area contributed by atoms with Crippen molar-refractivity contribution in [3.8, 4) is 22.6 Å². The number of pyridine rings is 1. The highest BCUT2D eigenvalue weighted by molar-refractivity contribution is 6.05. The predicted octanol–water partition coefficient (Wildman–Crippen LogP) is 5.72. The highest BCUT2D eigenvalue weighted by atomic mass is 16.6. The van der Waals surface area contributed by atoms with Crippen LogP contribution in [-0.2, 0) is 0 Å². The molecule has 5 nitrogen and oxygen atoms in total. The first-order valence-electron chi connectivity index (χ1n) is 10.3. The third-order valence-electron chi connectivity index (χ3n) is 4.91. The quantitative estimate of drug-likeness (QED) is 0.606. The number of carbonyl (C=O) groups is 1. The molecule has 5 heteroatoms. The summed E-state index contributed by atoms with van der Waals surface area (Å²) in [6, 6.07) is 13.6. The normalized spacial score (nSPS) is 11.9. The van der Waals surface area contributed by atoms with Crippen LogP contribution in [0.25, 0.3) is 11.1 Å². The zero-order valence-corrected chi connectivity index (χ0v) is 18.2. The highest BCUT2D eigenvalue weighted by Gasteiger charge is 2.16. The number of rotatable bonds is 3. The van der Waals surface area contributed by atoms with Crippen molar-refractivity contribution in [3.63, 3.8) is 0 Å². The van der Waals surface area contributed by atoms with Crippen LogP contribution in [0.4, 0.5) is 5.82 Å². The van der Waals surface area contributed by atoms with Gasteiger partial charge in [-0.2, -0.15) is 0 Å².